The van der Waals surface area contributed by atoms with Gasteiger partial charge in [0, 0.05) is 12.8 Å². The van der Waals surface area contributed by atoms with Crippen LogP contribution in [-0.4, -0.2) is 70.0 Å². The molecule has 0 aliphatic heterocycles. The zero-order valence-corrected chi connectivity index (χ0v) is 34.4. The van der Waals surface area contributed by atoms with E-state index in [9.17, 15) is 19.0 Å². The number of unbranched alkanes of at least 4 members (excludes halogenated alkanes) is 14. The van der Waals surface area contributed by atoms with Crippen LogP contribution in [-0.2, 0) is 32.7 Å². The molecule has 0 amide bonds. The number of carbonyl (C=O) groups is 2. The molecule has 0 bridgehead atoms. The number of carbonyl (C=O) groups excluding carboxylic acids is 2. The predicted molar refractivity (Wildman–Crippen MR) is 213 cm³/mol. The Bertz CT molecular complexity index is 1080. The number of hydrogen-bond acceptors (Lipinski definition) is 8. The monoisotopic (exact) mass is 752 g/mol. The normalized spacial score (nSPS) is 14.3. The molecule has 0 aromatic rings. The summed E-state index contributed by atoms with van der Waals surface area (Å²) in [5.41, 5.74) is 0. The molecule has 0 saturated heterocycles. The van der Waals surface area contributed by atoms with Gasteiger partial charge in [-0.15, -0.1) is 0 Å². The van der Waals surface area contributed by atoms with Crippen molar-refractivity contribution in [2.75, 3.05) is 47.5 Å². The Morgan fingerprint density at radius 2 is 1.12 bits per heavy atom. The fourth-order valence-corrected chi connectivity index (χ4v) is 5.68. The zero-order valence-electron chi connectivity index (χ0n) is 33.5. The van der Waals surface area contributed by atoms with Crippen molar-refractivity contribution in [2.24, 2.45) is 0 Å². The van der Waals surface area contributed by atoms with Crippen LogP contribution in [0.25, 0.3) is 0 Å². The van der Waals surface area contributed by atoms with Gasteiger partial charge in [-0.2, -0.15) is 0 Å². The van der Waals surface area contributed by atoms with Gasteiger partial charge in [-0.05, 0) is 57.8 Å². The van der Waals surface area contributed by atoms with E-state index in [1.165, 1.54) is 38.5 Å². The van der Waals surface area contributed by atoms with Gasteiger partial charge in [-0.3, -0.25) is 14.2 Å². The van der Waals surface area contributed by atoms with Gasteiger partial charge in [-0.25, -0.2) is 0 Å². The maximum Gasteiger partial charge on any atom is 0.306 e. The minimum absolute atomic E-state index is 0.0409. The summed E-state index contributed by atoms with van der Waals surface area (Å²) in [6.07, 6.45) is 39.6. The van der Waals surface area contributed by atoms with E-state index in [2.05, 4.69) is 44.2 Å². The number of phosphoric acid groups is 1. The molecule has 0 spiro atoms. The number of esters is 2. The molecule has 1 unspecified atom stereocenters. The van der Waals surface area contributed by atoms with Gasteiger partial charge >= 0.3 is 11.9 Å². The smallest absolute Gasteiger partial charge is 0.306 e. The van der Waals surface area contributed by atoms with E-state index < -0.39 is 32.5 Å². The minimum atomic E-state index is -4.63. The number of allylic oxidation sites excluding steroid dienone is 10. The first-order chi connectivity index (χ1) is 25.0. The minimum Gasteiger partial charge on any atom is -0.756 e. The van der Waals surface area contributed by atoms with Crippen LogP contribution in [0.1, 0.15) is 142 Å². The van der Waals surface area contributed by atoms with Crippen molar-refractivity contribution < 1.29 is 42.1 Å². The van der Waals surface area contributed by atoms with Gasteiger partial charge in [0.25, 0.3) is 7.82 Å². The Morgan fingerprint density at radius 1 is 0.615 bits per heavy atom. The highest BCUT2D eigenvalue weighted by Gasteiger charge is 2.21. The van der Waals surface area contributed by atoms with Gasteiger partial charge in [0.05, 0.1) is 27.7 Å². The highest BCUT2D eigenvalue weighted by atomic mass is 31.2. The molecule has 0 aliphatic carbocycles. The number of likely N-dealkylation sites (N-methyl/N-ethyl adjacent to an activating group) is 1. The van der Waals surface area contributed by atoms with Crippen LogP contribution in [0.2, 0.25) is 0 Å². The number of quaternary nitrogens is 1. The number of nitrogens with zero attached hydrogens (tertiary/aromatic N) is 1. The largest absolute Gasteiger partial charge is 0.756 e. The highest BCUT2D eigenvalue weighted by Crippen LogP contribution is 2.38. The van der Waals surface area contributed by atoms with Crippen LogP contribution < -0.4 is 4.89 Å². The summed E-state index contributed by atoms with van der Waals surface area (Å²) in [5, 5.41) is 0. The van der Waals surface area contributed by atoms with Crippen molar-refractivity contribution in [1.82, 2.24) is 0 Å². The van der Waals surface area contributed by atoms with E-state index in [-0.39, 0.29) is 26.1 Å². The average Bonchev–Trinajstić information content (AvgIpc) is 3.09. The molecule has 9 nitrogen and oxygen atoms in total. The second kappa shape index (κ2) is 34.5. The molecule has 10 heteroatoms. The van der Waals surface area contributed by atoms with Crippen molar-refractivity contribution >= 4 is 19.8 Å². The van der Waals surface area contributed by atoms with Crippen molar-refractivity contribution in [3.05, 3.63) is 60.8 Å². The molecule has 0 aromatic carbocycles. The van der Waals surface area contributed by atoms with Crippen LogP contribution in [0.4, 0.5) is 0 Å². The van der Waals surface area contributed by atoms with Crippen LogP contribution in [0.15, 0.2) is 60.8 Å². The molecular weight excluding hydrogens is 677 g/mol. The van der Waals surface area contributed by atoms with Gasteiger partial charge in [-0.1, -0.05) is 132 Å². The molecule has 0 radical (unpaired) electrons. The van der Waals surface area contributed by atoms with E-state index in [0.717, 1.165) is 64.2 Å². The first-order valence-corrected chi connectivity index (χ1v) is 21.5. The predicted octanol–water partition coefficient (Wildman–Crippen LogP) is 10.3. The highest BCUT2D eigenvalue weighted by molar-refractivity contribution is 7.45. The Kier molecular flexibility index (Phi) is 33.0. The van der Waals surface area contributed by atoms with Crippen LogP contribution in [0.3, 0.4) is 0 Å². The standard InChI is InChI=1S/C42H74NO8P/c1-6-8-10-12-14-16-18-20-21-23-25-27-29-31-33-35-42(45)51-40(39-50-52(46,47)49-37-36-43(3,4)5)38-48-41(44)34-32-30-28-26-24-22-19-17-15-13-11-9-7-2/h8,10,12,14,16,18,20-22,24,40H,6-7,9,11,13,15,17,19,23,25-39H2,1-5H3/b10-8+,14-12+,18-16+,21-20+,24-22+/t40-/m1/s1. The molecule has 52 heavy (non-hydrogen) atoms. The number of phosphoric ester groups is 1. The number of rotatable bonds is 35. The summed E-state index contributed by atoms with van der Waals surface area (Å²) in [6.45, 7) is 4.00. The summed E-state index contributed by atoms with van der Waals surface area (Å²) >= 11 is 0. The van der Waals surface area contributed by atoms with Gasteiger partial charge in [0.1, 0.15) is 19.8 Å². The Hall–Kier alpha value is -2.29. The maximum absolute atomic E-state index is 12.6. The topological polar surface area (TPSA) is 111 Å². The summed E-state index contributed by atoms with van der Waals surface area (Å²) < 4.78 is 33.7. The summed E-state index contributed by atoms with van der Waals surface area (Å²) in [4.78, 5) is 37.4. The van der Waals surface area contributed by atoms with E-state index in [4.69, 9.17) is 18.5 Å². The fraction of sp³-hybridized carbons (Fsp3) is 0.714. The molecular formula is C42H74NO8P. The van der Waals surface area contributed by atoms with E-state index in [0.29, 0.717) is 23.9 Å². The lowest BCUT2D eigenvalue weighted by Gasteiger charge is -2.28. The first-order valence-electron chi connectivity index (χ1n) is 20.0. The molecule has 300 valence electrons. The third-order valence-electron chi connectivity index (χ3n) is 8.12. The van der Waals surface area contributed by atoms with Crippen molar-refractivity contribution in [3.63, 3.8) is 0 Å². The molecule has 2 atom stereocenters. The third-order valence-corrected chi connectivity index (χ3v) is 9.08. The average molecular weight is 752 g/mol. The molecule has 0 saturated carbocycles. The van der Waals surface area contributed by atoms with Crippen LogP contribution >= 0.6 is 7.82 Å². The van der Waals surface area contributed by atoms with Gasteiger partial charge < -0.3 is 27.9 Å². The quantitative estimate of drug-likeness (QED) is 0.0157. The molecule has 0 aliphatic rings. The molecule has 0 rings (SSSR count). The van der Waals surface area contributed by atoms with Crippen molar-refractivity contribution in [3.8, 4) is 0 Å². The first kappa shape index (κ1) is 49.7. The second-order valence-electron chi connectivity index (χ2n) is 14.4. The van der Waals surface area contributed by atoms with E-state index >= 15 is 0 Å². The third kappa shape index (κ3) is 37.5. The van der Waals surface area contributed by atoms with Crippen molar-refractivity contribution in [2.45, 2.75) is 148 Å². The lowest BCUT2D eigenvalue weighted by molar-refractivity contribution is -0.870. The van der Waals surface area contributed by atoms with E-state index in [1.54, 1.807) is 0 Å². The fourth-order valence-electron chi connectivity index (χ4n) is 4.95. The number of ether oxygens (including phenoxy) is 2. The molecule has 0 fully saturated rings. The molecule has 0 aromatic heterocycles. The zero-order chi connectivity index (χ0) is 38.6. The summed E-state index contributed by atoms with van der Waals surface area (Å²) in [5.74, 6) is -0.887. The molecule has 0 N–H and O–H groups in total. The van der Waals surface area contributed by atoms with E-state index in [1.807, 2.05) is 51.5 Å². The number of hydrogen-bond donors (Lipinski definition) is 0. The lowest BCUT2D eigenvalue weighted by Crippen LogP contribution is -2.37. The SMILES string of the molecule is CC/C=C/C=C/C=C/C=C/CCCCCCCC(=O)O[C@H](COC(=O)CCCCC/C=C/CCCCCCCC)COP(=O)([O-])OCC[N+](C)(C)C. The second-order valence-corrected chi connectivity index (χ2v) is 15.8. The van der Waals surface area contributed by atoms with Crippen molar-refractivity contribution in [1.29, 1.82) is 0 Å². The summed E-state index contributed by atoms with van der Waals surface area (Å²) in [7, 11) is 1.13. The van der Waals surface area contributed by atoms with Gasteiger partial charge in [0.15, 0.2) is 6.10 Å². The Balaban J connectivity index is 4.50. The summed E-state index contributed by atoms with van der Waals surface area (Å²) in [6, 6.07) is 0. The molecule has 0 heterocycles. The maximum atomic E-state index is 12.6. The lowest BCUT2D eigenvalue weighted by atomic mass is 10.1. The van der Waals surface area contributed by atoms with Gasteiger partial charge in [0.2, 0.25) is 0 Å². The van der Waals surface area contributed by atoms with Crippen LogP contribution in [0.5, 0.6) is 0 Å². The Labute approximate surface area is 317 Å². The Morgan fingerprint density at radius 3 is 1.71 bits per heavy atom. The van der Waals surface area contributed by atoms with Crippen LogP contribution in [0, 0.1) is 0 Å².